The van der Waals surface area contributed by atoms with Crippen molar-refractivity contribution in [1.29, 1.82) is 0 Å². The van der Waals surface area contributed by atoms with Crippen molar-refractivity contribution in [2.75, 3.05) is 50.6 Å². The van der Waals surface area contributed by atoms with Gasteiger partial charge in [0.25, 0.3) is 0 Å². The molecule has 1 heterocycles. The lowest BCUT2D eigenvalue weighted by Crippen LogP contribution is -2.40. The maximum Gasteiger partial charge on any atom is 0.246 e. The second kappa shape index (κ2) is 9.84. The van der Waals surface area contributed by atoms with Crippen molar-refractivity contribution in [3.05, 3.63) is 46.4 Å². The molecule has 0 spiro atoms. The summed E-state index contributed by atoms with van der Waals surface area (Å²) < 4.78 is 37.8. The van der Waals surface area contributed by atoms with Crippen molar-refractivity contribution in [3.63, 3.8) is 0 Å². The number of rotatable bonds is 7. The van der Waals surface area contributed by atoms with E-state index in [1.807, 2.05) is 0 Å². The van der Waals surface area contributed by atoms with Gasteiger partial charge in [0, 0.05) is 34.5 Å². The molecule has 2 N–H and O–H groups in total. The molecule has 162 valence electrons. The number of carbonyl (C=O) groups is 1. The Morgan fingerprint density at radius 2 is 1.77 bits per heavy atom. The first-order chi connectivity index (χ1) is 14.3. The molecular weight excluding hydrogens is 453 g/mol. The molecule has 0 aromatic heterocycles. The van der Waals surface area contributed by atoms with E-state index in [1.54, 1.807) is 24.3 Å². The van der Waals surface area contributed by atoms with Crippen LogP contribution in [0.25, 0.3) is 0 Å². The van der Waals surface area contributed by atoms with Crippen LogP contribution in [0.2, 0.25) is 10.0 Å². The molecule has 0 aliphatic carbocycles. The second-order valence-corrected chi connectivity index (χ2v) is 9.22. The molecule has 11 heteroatoms. The van der Waals surface area contributed by atoms with Crippen LogP contribution in [0.1, 0.15) is 0 Å². The van der Waals surface area contributed by atoms with Crippen LogP contribution < -0.4 is 15.4 Å². The van der Waals surface area contributed by atoms with Gasteiger partial charge in [-0.2, -0.15) is 4.31 Å². The van der Waals surface area contributed by atoms with Gasteiger partial charge in [-0.15, -0.1) is 0 Å². The number of halogens is 2. The Morgan fingerprint density at radius 1 is 1.10 bits per heavy atom. The van der Waals surface area contributed by atoms with Gasteiger partial charge < -0.3 is 20.1 Å². The number of anilines is 2. The van der Waals surface area contributed by atoms with E-state index in [0.29, 0.717) is 34.6 Å². The third-order valence-electron chi connectivity index (χ3n) is 4.35. The predicted molar refractivity (Wildman–Crippen MR) is 116 cm³/mol. The number of benzene rings is 2. The highest BCUT2D eigenvalue weighted by molar-refractivity contribution is 7.89. The highest BCUT2D eigenvalue weighted by Crippen LogP contribution is 2.30. The van der Waals surface area contributed by atoms with Crippen molar-refractivity contribution in [1.82, 2.24) is 4.31 Å². The van der Waals surface area contributed by atoms with E-state index >= 15 is 0 Å². The highest BCUT2D eigenvalue weighted by Gasteiger charge is 2.29. The molecule has 2 aromatic rings. The maximum absolute atomic E-state index is 13.0. The number of ether oxygens (including phenoxy) is 2. The quantitative estimate of drug-likeness (QED) is 0.641. The van der Waals surface area contributed by atoms with E-state index in [2.05, 4.69) is 10.6 Å². The van der Waals surface area contributed by atoms with Gasteiger partial charge in [-0.25, -0.2) is 8.42 Å². The number of carbonyl (C=O) groups excluding carboxylic acids is 1. The molecule has 30 heavy (non-hydrogen) atoms. The molecule has 0 radical (unpaired) electrons. The van der Waals surface area contributed by atoms with Crippen molar-refractivity contribution in [3.8, 4) is 5.75 Å². The number of methoxy groups -OCH3 is 1. The zero-order valence-corrected chi connectivity index (χ0v) is 18.5. The minimum absolute atomic E-state index is 0.0146. The minimum atomic E-state index is -3.80. The normalized spacial score (nSPS) is 14.9. The molecule has 1 aliphatic rings. The summed E-state index contributed by atoms with van der Waals surface area (Å²) in [4.78, 5) is 12.3. The van der Waals surface area contributed by atoms with Gasteiger partial charge in [0.2, 0.25) is 15.9 Å². The van der Waals surface area contributed by atoms with Gasteiger partial charge in [0.05, 0.1) is 26.9 Å². The fourth-order valence-corrected chi connectivity index (χ4v) is 5.04. The first-order valence-corrected chi connectivity index (χ1v) is 11.2. The standard InChI is InChI=1S/C19H21Cl2N3O5S/c1-28-17-3-2-15(11-18(17)30(26,27)24-4-6-29-7-5-24)23-19(25)12-22-16-9-13(20)8-14(21)10-16/h2-3,8-11,22H,4-7,12H2,1H3,(H,23,25). The molecule has 2 aromatic carbocycles. The van der Waals surface area contributed by atoms with Crippen LogP contribution in [-0.2, 0) is 19.6 Å². The van der Waals surface area contributed by atoms with E-state index in [-0.39, 0.29) is 36.2 Å². The number of hydrogen-bond acceptors (Lipinski definition) is 6. The van der Waals surface area contributed by atoms with Crippen LogP contribution in [0.5, 0.6) is 5.75 Å². The van der Waals surface area contributed by atoms with Crippen LogP contribution in [0.3, 0.4) is 0 Å². The number of hydrogen-bond donors (Lipinski definition) is 2. The second-order valence-electron chi connectivity index (χ2n) is 6.44. The van der Waals surface area contributed by atoms with Crippen molar-refractivity contribution >= 4 is 50.5 Å². The van der Waals surface area contributed by atoms with Crippen molar-refractivity contribution < 1.29 is 22.7 Å². The smallest absolute Gasteiger partial charge is 0.246 e. The molecule has 0 saturated carbocycles. The summed E-state index contributed by atoms with van der Waals surface area (Å²) in [6.45, 7) is 1.12. The summed E-state index contributed by atoms with van der Waals surface area (Å²) >= 11 is 11.9. The third kappa shape index (κ3) is 5.55. The first-order valence-electron chi connectivity index (χ1n) is 9.05. The fraction of sp³-hybridized carbons (Fsp3) is 0.316. The van der Waals surface area contributed by atoms with Crippen LogP contribution in [-0.4, -0.2) is 58.6 Å². The SMILES string of the molecule is COc1ccc(NC(=O)CNc2cc(Cl)cc(Cl)c2)cc1S(=O)(=O)N1CCOCC1. The molecule has 1 fully saturated rings. The Balaban J connectivity index is 1.73. The molecule has 8 nitrogen and oxygen atoms in total. The predicted octanol–water partition coefficient (Wildman–Crippen LogP) is 3.07. The Morgan fingerprint density at radius 3 is 2.40 bits per heavy atom. The fourth-order valence-electron chi connectivity index (χ4n) is 2.93. The minimum Gasteiger partial charge on any atom is -0.495 e. The van der Waals surface area contributed by atoms with Gasteiger partial charge in [0.15, 0.2) is 0 Å². The lowest BCUT2D eigenvalue weighted by Gasteiger charge is -2.26. The van der Waals surface area contributed by atoms with Gasteiger partial charge in [0.1, 0.15) is 10.6 Å². The van der Waals surface area contributed by atoms with E-state index < -0.39 is 10.0 Å². The summed E-state index contributed by atoms with van der Waals surface area (Å²) in [5, 5.41) is 6.48. The molecule has 0 atom stereocenters. The van der Waals surface area contributed by atoms with Crippen LogP contribution in [0.15, 0.2) is 41.3 Å². The molecule has 1 amide bonds. The van der Waals surface area contributed by atoms with Gasteiger partial charge >= 0.3 is 0 Å². The number of nitrogens with one attached hydrogen (secondary N) is 2. The Hall–Kier alpha value is -2.04. The number of amides is 1. The Labute approximate surface area is 185 Å². The Bertz CT molecular complexity index is 1010. The average molecular weight is 474 g/mol. The van der Waals surface area contributed by atoms with E-state index in [4.69, 9.17) is 32.7 Å². The summed E-state index contributed by atoms with van der Waals surface area (Å²) in [5.41, 5.74) is 0.923. The summed E-state index contributed by atoms with van der Waals surface area (Å²) in [5.74, 6) is -0.169. The zero-order chi connectivity index (χ0) is 21.7. The van der Waals surface area contributed by atoms with E-state index in [9.17, 15) is 13.2 Å². The molecule has 0 bridgehead atoms. The monoisotopic (exact) mass is 473 g/mol. The number of sulfonamides is 1. The van der Waals surface area contributed by atoms with Crippen molar-refractivity contribution in [2.45, 2.75) is 4.90 Å². The maximum atomic E-state index is 13.0. The highest BCUT2D eigenvalue weighted by atomic mass is 35.5. The molecule has 0 unspecified atom stereocenters. The molecule has 3 rings (SSSR count). The average Bonchev–Trinajstić information content (AvgIpc) is 2.72. The van der Waals surface area contributed by atoms with Crippen LogP contribution in [0, 0.1) is 0 Å². The largest absolute Gasteiger partial charge is 0.495 e. The summed E-state index contributed by atoms with van der Waals surface area (Å²) in [6, 6.07) is 9.33. The zero-order valence-electron chi connectivity index (χ0n) is 16.2. The lowest BCUT2D eigenvalue weighted by atomic mass is 10.3. The van der Waals surface area contributed by atoms with Crippen molar-refractivity contribution in [2.24, 2.45) is 0 Å². The van der Waals surface area contributed by atoms with Gasteiger partial charge in [-0.3, -0.25) is 4.79 Å². The van der Waals surface area contributed by atoms with E-state index in [1.165, 1.54) is 23.5 Å². The van der Waals surface area contributed by atoms with Crippen LogP contribution >= 0.6 is 23.2 Å². The summed E-state index contributed by atoms with van der Waals surface area (Å²) in [6.07, 6.45) is 0. The van der Waals surface area contributed by atoms with Gasteiger partial charge in [-0.1, -0.05) is 23.2 Å². The molecule has 1 saturated heterocycles. The van der Waals surface area contributed by atoms with E-state index in [0.717, 1.165) is 0 Å². The molecular formula is C19H21Cl2N3O5S. The summed E-state index contributed by atoms with van der Waals surface area (Å²) in [7, 11) is -2.40. The first kappa shape index (κ1) is 22.6. The number of morpholine rings is 1. The van der Waals surface area contributed by atoms with Crippen LogP contribution in [0.4, 0.5) is 11.4 Å². The third-order valence-corrected chi connectivity index (χ3v) is 6.71. The van der Waals surface area contributed by atoms with Gasteiger partial charge in [-0.05, 0) is 36.4 Å². The number of nitrogens with zero attached hydrogens (tertiary/aromatic N) is 1. The Kier molecular flexibility index (Phi) is 7.43. The lowest BCUT2D eigenvalue weighted by molar-refractivity contribution is -0.114. The molecule has 1 aliphatic heterocycles. The topological polar surface area (TPSA) is 97.0 Å².